The summed E-state index contributed by atoms with van der Waals surface area (Å²) in [5.41, 5.74) is 0. The minimum absolute atomic E-state index is 0.137. The van der Waals surface area contributed by atoms with E-state index in [1.165, 1.54) is 5.20 Å². The lowest BCUT2D eigenvalue weighted by atomic mass is 10.2. The summed E-state index contributed by atoms with van der Waals surface area (Å²) in [4.78, 5) is 10.4. The van der Waals surface area contributed by atoms with Gasteiger partial charge < -0.3 is 4.43 Å². The average Bonchev–Trinajstić information content (AvgIpc) is 2.28. The lowest BCUT2D eigenvalue weighted by Gasteiger charge is -2.16. The van der Waals surface area contributed by atoms with E-state index in [9.17, 15) is 4.79 Å². The molecule has 3 heteroatoms. The molecule has 0 aliphatic carbocycles. The maximum Gasteiger partial charge on any atom is 0.214 e. The van der Waals surface area contributed by atoms with Crippen molar-refractivity contribution >= 4 is 14.6 Å². The number of rotatable bonds is 2. The van der Waals surface area contributed by atoms with Crippen LogP contribution < -0.4 is 0 Å². The first-order chi connectivity index (χ1) is 6.10. The van der Waals surface area contributed by atoms with Gasteiger partial charge in [0.2, 0.25) is 8.32 Å². The Hall–Kier alpha value is -0.853. The summed E-state index contributed by atoms with van der Waals surface area (Å²) in [6.07, 6.45) is 9.31. The summed E-state index contributed by atoms with van der Waals surface area (Å²) in [6, 6.07) is 0. The molecule has 1 fully saturated rings. The number of aldehydes is 1. The summed E-state index contributed by atoms with van der Waals surface area (Å²) in [5, 5.41) is 1.17. The van der Waals surface area contributed by atoms with Gasteiger partial charge in [-0.25, -0.2) is 0 Å². The Labute approximate surface area is 80.1 Å². The zero-order chi connectivity index (χ0) is 9.90. The molecule has 1 heterocycles. The first kappa shape index (κ1) is 10.2. The van der Waals surface area contributed by atoms with E-state index in [2.05, 4.69) is 19.0 Å². The van der Waals surface area contributed by atoms with Crippen LogP contribution in [0.1, 0.15) is 12.8 Å². The Morgan fingerprint density at radius 3 is 3.00 bits per heavy atom. The van der Waals surface area contributed by atoms with E-state index in [1.54, 1.807) is 6.08 Å². The fraction of sp³-hybridized carbons (Fsp3) is 0.500. The molecule has 0 radical (unpaired) electrons. The van der Waals surface area contributed by atoms with Gasteiger partial charge >= 0.3 is 0 Å². The van der Waals surface area contributed by atoms with Gasteiger partial charge in [0.25, 0.3) is 0 Å². The highest BCUT2D eigenvalue weighted by molar-refractivity contribution is 6.79. The molecule has 1 saturated heterocycles. The summed E-state index contributed by atoms with van der Waals surface area (Å²) in [6.45, 7) is 4.19. The van der Waals surface area contributed by atoms with Crippen molar-refractivity contribution in [2.45, 2.75) is 32.0 Å². The Kier molecular flexibility index (Phi) is 3.07. The molecule has 1 unspecified atom stereocenters. The maximum atomic E-state index is 10.4. The van der Waals surface area contributed by atoms with Gasteiger partial charge in [0.1, 0.15) is 6.29 Å². The predicted molar refractivity (Wildman–Crippen MR) is 54.6 cm³/mol. The van der Waals surface area contributed by atoms with Gasteiger partial charge in [-0.05, 0) is 30.8 Å². The third-order valence-electron chi connectivity index (χ3n) is 2.30. The number of hydrogen-bond donors (Lipinski definition) is 0. The first-order valence-corrected chi connectivity index (χ1v) is 7.27. The highest BCUT2D eigenvalue weighted by Gasteiger charge is 2.38. The number of allylic oxidation sites excluding steroid dienone is 1. The molecular weight excluding hydrogens is 180 g/mol. The summed E-state index contributed by atoms with van der Waals surface area (Å²) in [7, 11) is -1.76. The molecule has 1 aliphatic heterocycles. The smallest absolute Gasteiger partial charge is 0.214 e. The van der Waals surface area contributed by atoms with E-state index >= 15 is 0 Å². The fourth-order valence-electron chi connectivity index (χ4n) is 1.62. The Morgan fingerprint density at radius 1 is 1.77 bits per heavy atom. The quantitative estimate of drug-likeness (QED) is 0.289. The molecule has 0 saturated carbocycles. The van der Waals surface area contributed by atoms with Gasteiger partial charge in [0, 0.05) is 6.42 Å². The third-order valence-corrected chi connectivity index (χ3v) is 5.14. The second kappa shape index (κ2) is 3.90. The lowest BCUT2D eigenvalue weighted by molar-refractivity contribution is -0.104. The number of carbonyl (C=O) groups excluding carboxylic acids is 1. The van der Waals surface area contributed by atoms with E-state index < -0.39 is 8.32 Å². The normalized spacial score (nSPS) is 28.7. The van der Waals surface area contributed by atoms with Crippen LogP contribution in [0.5, 0.6) is 0 Å². The van der Waals surface area contributed by atoms with Crippen LogP contribution in [-0.4, -0.2) is 20.7 Å². The molecule has 0 amide bonds. The average molecular weight is 194 g/mol. The lowest BCUT2D eigenvalue weighted by Crippen LogP contribution is -2.28. The van der Waals surface area contributed by atoms with Gasteiger partial charge in [-0.15, -0.1) is 12.3 Å². The minimum Gasteiger partial charge on any atom is -0.409 e. The van der Waals surface area contributed by atoms with Crippen LogP contribution in [0.2, 0.25) is 13.1 Å². The Bertz CT molecular complexity index is 273. The van der Waals surface area contributed by atoms with Gasteiger partial charge in [-0.2, -0.15) is 0 Å². The van der Waals surface area contributed by atoms with Crippen molar-refractivity contribution in [1.29, 1.82) is 0 Å². The highest BCUT2D eigenvalue weighted by Crippen LogP contribution is 2.32. The van der Waals surface area contributed by atoms with Crippen molar-refractivity contribution in [2.75, 3.05) is 0 Å². The van der Waals surface area contributed by atoms with Crippen molar-refractivity contribution in [3.63, 3.8) is 0 Å². The zero-order valence-electron chi connectivity index (χ0n) is 8.04. The van der Waals surface area contributed by atoms with Crippen LogP contribution in [0.15, 0.2) is 11.3 Å². The molecular formula is C10H14O2Si. The van der Waals surface area contributed by atoms with E-state index in [4.69, 9.17) is 10.8 Å². The van der Waals surface area contributed by atoms with Gasteiger partial charge in [-0.1, -0.05) is 0 Å². The standard InChI is InChI=1S/C10H14O2Si/c1-4-5-9-8-10(6-7-11)13(2,3)12-9/h1,6-7,9H,5,8H2,2-3H3/b10-6-. The first-order valence-electron chi connectivity index (χ1n) is 4.36. The molecule has 1 rings (SSSR count). The number of terminal acetylenes is 1. The molecule has 1 atom stereocenters. The molecule has 0 spiro atoms. The van der Waals surface area contributed by atoms with Gasteiger partial charge in [-0.3, -0.25) is 4.79 Å². The van der Waals surface area contributed by atoms with Crippen LogP contribution in [0.25, 0.3) is 0 Å². The summed E-state index contributed by atoms with van der Waals surface area (Å²) in [5.74, 6) is 2.59. The monoisotopic (exact) mass is 194 g/mol. The second-order valence-corrected chi connectivity index (χ2v) is 7.59. The summed E-state index contributed by atoms with van der Waals surface area (Å²) >= 11 is 0. The predicted octanol–water partition coefficient (Wildman–Crippen LogP) is 1.67. The molecule has 13 heavy (non-hydrogen) atoms. The molecule has 0 aromatic carbocycles. The van der Waals surface area contributed by atoms with Crippen molar-refractivity contribution in [3.8, 4) is 12.3 Å². The largest absolute Gasteiger partial charge is 0.409 e. The molecule has 0 aromatic heterocycles. The van der Waals surface area contributed by atoms with E-state index in [0.29, 0.717) is 6.42 Å². The van der Waals surface area contributed by atoms with E-state index in [-0.39, 0.29) is 6.10 Å². The van der Waals surface area contributed by atoms with Crippen molar-refractivity contribution in [2.24, 2.45) is 0 Å². The molecule has 2 nitrogen and oxygen atoms in total. The SMILES string of the molecule is C#CCC1C/C(=C/C=O)[Si](C)(C)O1. The maximum absolute atomic E-state index is 10.4. The fourth-order valence-corrected chi connectivity index (χ4v) is 3.96. The summed E-state index contributed by atoms with van der Waals surface area (Å²) < 4.78 is 5.82. The Balaban J connectivity index is 2.75. The van der Waals surface area contributed by atoms with Crippen LogP contribution >= 0.6 is 0 Å². The van der Waals surface area contributed by atoms with Crippen LogP contribution in [-0.2, 0) is 9.22 Å². The third kappa shape index (κ3) is 2.30. The van der Waals surface area contributed by atoms with Crippen LogP contribution in [0, 0.1) is 12.3 Å². The number of carbonyl (C=O) groups is 1. The highest BCUT2D eigenvalue weighted by atomic mass is 28.4. The number of hydrogen-bond acceptors (Lipinski definition) is 2. The topological polar surface area (TPSA) is 26.3 Å². The molecule has 0 bridgehead atoms. The van der Waals surface area contributed by atoms with Gasteiger partial charge in [0.15, 0.2) is 0 Å². The van der Waals surface area contributed by atoms with Crippen LogP contribution in [0.3, 0.4) is 0 Å². The van der Waals surface area contributed by atoms with E-state index in [0.717, 1.165) is 12.7 Å². The van der Waals surface area contributed by atoms with Gasteiger partial charge in [0.05, 0.1) is 6.10 Å². The molecule has 1 aliphatic rings. The molecule has 0 aromatic rings. The second-order valence-electron chi connectivity index (χ2n) is 3.69. The van der Waals surface area contributed by atoms with Crippen molar-refractivity contribution in [1.82, 2.24) is 0 Å². The minimum atomic E-state index is -1.76. The van der Waals surface area contributed by atoms with Crippen molar-refractivity contribution < 1.29 is 9.22 Å². The van der Waals surface area contributed by atoms with E-state index in [1.807, 2.05) is 0 Å². The Morgan fingerprint density at radius 2 is 2.46 bits per heavy atom. The molecule has 0 N–H and O–H groups in total. The van der Waals surface area contributed by atoms with Crippen molar-refractivity contribution in [3.05, 3.63) is 11.3 Å². The molecule has 70 valence electrons. The van der Waals surface area contributed by atoms with Crippen LogP contribution in [0.4, 0.5) is 0 Å². The zero-order valence-corrected chi connectivity index (χ0v) is 9.04.